The lowest BCUT2D eigenvalue weighted by molar-refractivity contribution is 0.242. The van der Waals surface area contributed by atoms with Gasteiger partial charge in [0.2, 0.25) is 0 Å². The normalized spacial score (nSPS) is 23.6. The summed E-state index contributed by atoms with van der Waals surface area (Å²) < 4.78 is 32.2. The number of rotatable bonds is 4. The second-order valence-corrected chi connectivity index (χ2v) is 10.6. The van der Waals surface area contributed by atoms with E-state index in [0.29, 0.717) is 32.1 Å². The van der Waals surface area contributed by atoms with Gasteiger partial charge < -0.3 is 4.57 Å². The number of hydrogen-bond acceptors (Lipinski definition) is 3. The van der Waals surface area contributed by atoms with Gasteiger partial charge in [0, 0.05) is 38.1 Å². The predicted molar refractivity (Wildman–Crippen MR) is 113 cm³/mol. The molecule has 2 aliphatic heterocycles. The summed E-state index contributed by atoms with van der Waals surface area (Å²) in [5, 5.41) is 0. The first-order valence-corrected chi connectivity index (χ1v) is 12.0. The molecular formula is C21H32N4O2S. The topological polar surface area (TPSA) is 58.4 Å². The van der Waals surface area contributed by atoms with Crippen molar-refractivity contribution < 1.29 is 8.42 Å². The average Bonchev–Trinajstić information content (AvgIpc) is 3.08. The third-order valence-corrected chi connectivity index (χ3v) is 8.29. The molecule has 3 heterocycles. The monoisotopic (exact) mass is 404 g/mol. The number of aromatic nitrogens is 2. The van der Waals surface area contributed by atoms with Crippen molar-refractivity contribution in [3.8, 4) is 0 Å². The molecule has 1 atom stereocenters. The van der Waals surface area contributed by atoms with Crippen molar-refractivity contribution in [1.29, 1.82) is 0 Å². The molecule has 0 unspecified atom stereocenters. The highest BCUT2D eigenvalue weighted by Crippen LogP contribution is 2.33. The van der Waals surface area contributed by atoms with Crippen LogP contribution in [0.15, 0.2) is 24.3 Å². The van der Waals surface area contributed by atoms with Gasteiger partial charge in [-0.15, -0.1) is 0 Å². The molecule has 1 aromatic heterocycles. The maximum atomic E-state index is 13.2. The Morgan fingerprint density at radius 3 is 2.46 bits per heavy atom. The Morgan fingerprint density at radius 2 is 1.75 bits per heavy atom. The van der Waals surface area contributed by atoms with Crippen LogP contribution in [0.25, 0.3) is 11.0 Å². The van der Waals surface area contributed by atoms with Gasteiger partial charge in [0.25, 0.3) is 10.2 Å². The number of fused-ring (bicyclic) bond motifs is 1. The van der Waals surface area contributed by atoms with Crippen molar-refractivity contribution in [2.24, 2.45) is 5.92 Å². The van der Waals surface area contributed by atoms with Crippen LogP contribution in [0.1, 0.15) is 64.2 Å². The number of hydrogen-bond donors (Lipinski definition) is 0. The smallest absolute Gasteiger partial charge is 0.281 e. The first-order valence-electron chi connectivity index (χ1n) is 10.6. The number of imidazole rings is 1. The minimum absolute atomic E-state index is 0.141. The van der Waals surface area contributed by atoms with Crippen LogP contribution >= 0.6 is 0 Å². The quantitative estimate of drug-likeness (QED) is 0.779. The third kappa shape index (κ3) is 3.60. The largest absolute Gasteiger partial charge is 0.325 e. The van der Waals surface area contributed by atoms with Gasteiger partial charge in [0.15, 0.2) is 0 Å². The second-order valence-electron chi connectivity index (χ2n) is 8.71. The maximum Gasteiger partial charge on any atom is 0.281 e. The molecule has 28 heavy (non-hydrogen) atoms. The SMILES string of the molecule is CC1CCN(S(=O)(=O)N2CCC[C@@H](c3nc4ccccc4n3C(C)C)C2)CC1. The van der Waals surface area contributed by atoms with Crippen LogP contribution in [0.2, 0.25) is 0 Å². The van der Waals surface area contributed by atoms with E-state index in [9.17, 15) is 8.42 Å². The fourth-order valence-corrected chi connectivity index (χ4v) is 6.36. The fraction of sp³-hybridized carbons (Fsp3) is 0.667. The lowest BCUT2D eigenvalue weighted by atomic mass is 9.98. The van der Waals surface area contributed by atoms with Crippen molar-refractivity contribution in [3.05, 3.63) is 30.1 Å². The number of benzene rings is 1. The van der Waals surface area contributed by atoms with Crippen LogP contribution in [0.3, 0.4) is 0 Å². The molecule has 2 saturated heterocycles. The van der Waals surface area contributed by atoms with Crippen molar-refractivity contribution in [3.63, 3.8) is 0 Å². The molecule has 0 bridgehead atoms. The molecule has 0 amide bonds. The highest BCUT2D eigenvalue weighted by atomic mass is 32.2. The van der Waals surface area contributed by atoms with Crippen molar-refractivity contribution >= 4 is 21.2 Å². The van der Waals surface area contributed by atoms with Crippen molar-refractivity contribution in [1.82, 2.24) is 18.2 Å². The Bertz CT molecular complexity index is 929. The number of nitrogens with zero attached hydrogens (tertiary/aromatic N) is 4. The van der Waals surface area contributed by atoms with Crippen LogP contribution in [0.4, 0.5) is 0 Å². The second kappa shape index (κ2) is 7.76. The van der Waals surface area contributed by atoms with Crippen molar-refractivity contribution in [2.75, 3.05) is 26.2 Å². The highest BCUT2D eigenvalue weighted by Gasteiger charge is 2.37. The summed E-state index contributed by atoms with van der Waals surface area (Å²) in [5.41, 5.74) is 2.13. The first kappa shape index (κ1) is 19.9. The van der Waals surface area contributed by atoms with Gasteiger partial charge in [0.1, 0.15) is 5.82 Å². The van der Waals surface area contributed by atoms with E-state index in [4.69, 9.17) is 4.98 Å². The summed E-state index contributed by atoms with van der Waals surface area (Å²) in [6, 6.07) is 8.50. The van der Waals surface area contributed by atoms with Gasteiger partial charge in [-0.2, -0.15) is 17.0 Å². The van der Waals surface area contributed by atoms with Gasteiger partial charge in [-0.25, -0.2) is 4.98 Å². The summed E-state index contributed by atoms with van der Waals surface area (Å²) in [5.74, 6) is 1.79. The molecule has 0 radical (unpaired) electrons. The number of para-hydroxylation sites is 2. The highest BCUT2D eigenvalue weighted by molar-refractivity contribution is 7.86. The van der Waals surface area contributed by atoms with E-state index < -0.39 is 10.2 Å². The van der Waals surface area contributed by atoms with Crippen LogP contribution < -0.4 is 0 Å². The molecule has 7 heteroatoms. The van der Waals surface area contributed by atoms with Crippen LogP contribution in [-0.2, 0) is 10.2 Å². The summed E-state index contributed by atoms with van der Waals surface area (Å²) in [7, 11) is -3.38. The van der Waals surface area contributed by atoms with Crippen LogP contribution in [0.5, 0.6) is 0 Å². The zero-order valence-electron chi connectivity index (χ0n) is 17.2. The van der Waals surface area contributed by atoms with Gasteiger partial charge in [-0.05, 0) is 57.6 Å². The molecule has 154 valence electrons. The Morgan fingerprint density at radius 1 is 1.04 bits per heavy atom. The molecule has 0 spiro atoms. The molecule has 2 fully saturated rings. The van der Waals surface area contributed by atoms with E-state index in [-0.39, 0.29) is 12.0 Å². The Balaban J connectivity index is 1.61. The summed E-state index contributed by atoms with van der Waals surface area (Å²) in [6.45, 7) is 8.99. The average molecular weight is 405 g/mol. The lowest BCUT2D eigenvalue weighted by Gasteiger charge is -2.37. The van der Waals surface area contributed by atoms with E-state index in [1.54, 1.807) is 8.61 Å². The predicted octanol–water partition coefficient (Wildman–Crippen LogP) is 3.77. The zero-order chi connectivity index (χ0) is 19.9. The molecule has 0 N–H and O–H groups in total. The van der Waals surface area contributed by atoms with E-state index >= 15 is 0 Å². The van der Waals surface area contributed by atoms with Crippen molar-refractivity contribution in [2.45, 2.75) is 58.4 Å². The summed E-state index contributed by atoms with van der Waals surface area (Å²) in [6.07, 6.45) is 3.79. The maximum absolute atomic E-state index is 13.2. The third-order valence-electron chi connectivity index (χ3n) is 6.28. The molecule has 0 aliphatic carbocycles. The fourth-order valence-electron chi connectivity index (χ4n) is 4.64. The molecule has 6 nitrogen and oxygen atoms in total. The van der Waals surface area contributed by atoms with E-state index in [1.165, 1.54) is 0 Å². The van der Waals surface area contributed by atoms with Gasteiger partial charge >= 0.3 is 0 Å². The van der Waals surface area contributed by atoms with Gasteiger partial charge in [-0.3, -0.25) is 0 Å². The van der Waals surface area contributed by atoms with Gasteiger partial charge in [0.05, 0.1) is 11.0 Å². The van der Waals surface area contributed by atoms with Crippen LogP contribution in [0, 0.1) is 5.92 Å². The Kier molecular flexibility index (Phi) is 5.51. The standard InChI is InChI=1S/C21H32N4O2S/c1-16(2)25-20-9-5-4-8-19(20)22-21(25)18-7-6-12-24(15-18)28(26,27)23-13-10-17(3)11-14-23/h4-5,8-9,16-18H,6-7,10-15H2,1-3H3/t18-/m1/s1. The van der Waals surface area contributed by atoms with E-state index in [0.717, 1.165) is 42.5 Å². The van der Waals surface area contributed by atoms with E-state index in [2.05, 4.69) is 31.4 Å². The minimum Gasteiger partial charge on any atom is -0.325 e. The van der Waals surface area contributed by atoms with E-state index in [1.807, 2.05) is 18.2 Å². The van der Waals surface area contributed by atoms with Gasteiger partial charge in [-0.1, -0.05) is 19.1 Å². The molecule has 2 aromatic rings. The Hall–Kier alpha value is -1.44. The summed E-state index contributed by atoms with van der Waals surface area (Å²) in [4.78, 5) is 4.92. The lowest BCUT2D eigenvalue weighted by Crippen LogP contribution is -2.50. The summed E-state index contributed by atoms with van der Waals surface area (Å²) >= 11 is 0. The Labute approximate surface area is 168 Å². The number of piperidine rings is 2. The zero-order valence-corrected chi connectivity index (χ0v) is 18.0. The molecular weight excluding hydrogens is 372 g/mol. The van der Waals surface area contributed by atoms with Crippen LogP contribution in [-0.4, -0.2) is 52.8 Å². The molecule has 4 rings (SSSR count). The minimum atomic E-state index is -3.38. The molecule has 0 saturated carbocycles. The first-order chi connectivity index (χ1) is 13.4. The molecule has 2 aliphatic rings. The molecule has 1 aromatic carbocycles.